The van der Waals surface area contributed by atoms with E-state index >= 15 is 0 Å². The molecule has 1 aliphatic heterocycles. The van der Waals surface area contributed by atoms with Gasteiger partial charge in [0.05, 0.1) is 12.3 Å². The van der Waals surface area contributed by atoms with Crippen LogP contribution in [0.5, 0.6) is 5.75 Å². The van der Waals surface area contributed by atoms with Crippen molar-refractivity contribution >= 4 is 5.91 Å². The second kappa shape index (κ2) is 5.88. The lowest BCUT2D eigenvalue weighted by Gasteiger charge is -2.23. The number of aromatic nitrogens is 1. The van der Waals surface area contributed by atoms with Gasteiger partial charge in [0.2, 0.25) is 0 Å². The van der Waals surface area contributed by atoms with Crippen molar-refractivity contribution in [3.8, 4) is 5.75 Å². The monoisotopic (exact) mass is 303 g/mol. The lowest BCUT2D eigenvalue weighted by atomic mass is 9.90. The van der Waals surface area contributed by atoms with Crippen molar-refractivity contribution < 1.29 is 9.53 Å². The van der Waals surface area contributed by atoms with E-state index in [1.807, 2.05) is 0 Å². The molecule has 0 bridgehead atoms. The van der Waals surface area contributed by atoms with Gasteiger partial charge in [-0.05, 0) is 18.9 Å². The summed E-state index contributed by atoms with van der Waals surface area (Å²) < 4.78 is 5.86. The lowest BCUT2D eigenvalue weighted by Crippen LogP contribution is -2.30. The Morgan fingerprint density at radius 3 is 2.82 bits per heavy atom. The first-order valence-electron chi connectivity index (χ1n) is 8.18. The minimum absolute atomic E-state index is 0.180. The minimum Gasteiger partial charge on any atom is -0.490 e. The van der Waals surface area contributed by atoms with Crippen LogP contribution in [0.25, 0.3) is 0 Å². The first-order chi connectivity index (χ1) is 10.5. The number of nitrogens with zero attached hydrogens (tertiary/aromatic N) is 1. The van der Waals surface area contributed by atoms with Crippen LogP contribution in [0.3, 0.4) is 0 Å². The Morgan fingerprint density at radius 2 is 2.14 bits per heavy atom. The standard InChI is InChI=1S/C17H25N3O2/c1-17(2)10-22-14-11(8-13(16(18)21)20-15(14)17)9-19-12-6-4-3-5-7-12/h8,12,19H,3-7,9-10H2,1-2H3,(H2,18,21). The van der Waals surface area contributed by atoms with E-state index in [9.17, 15) is 4.79 Å². The molecule has 0 aromatic carbocycles. The van der Waals surface area contributed by atoms with Crippen LogP contribution in [0.2, 0.25) is 0 Å². The molecule has 2 aliphatic rings. The normalized spacial score (nSPS) is 20.5. The SMILES string of the molecule is CC1(C)COc2c(CNC3CCCCC3)cc(C(N)=O)nc21. The number of hydrogen-bond donors (Lipinski definition) is 2. The third kappa shape index (κ3) is 2.95. The van der Waals surface area contributed by atoms with E-state index in [1.165, 1.54) is 32.1 Å². The highest BCUT2D eigenvalue weighted by atomic mass is 16.5. The molecule has 5 nitrogen and oxygen atoms in total. The molecular weight excluding hydrogens is 278 g/mol. The Labute approximate surface area is 131 Å². The molecule has 0 saturated heterocycles. The third-order valence-electron chi connectivity index (χ3n) is 4.71. The van der Waals surface area contributed by atoms with E-state index in [2.05, 4.69) is 24.1 Å². The largest absolute Gasteiger partial charge is 0.490 e. The first kappa shape index (κ1) is 15.3. The highest BCUT2D eigenvalue weighted by molar-refractivity contribution is 5.91. The number of fused-ring (bicyclic) bond motifs is 1. The van der Waals surface area contributed by atoms with Gasteiger partial charge in [-0.3, -0.25) is 4.79 Å². The van der Waals surface area contributed by atoms with Crippen molar-refractivity contribution in [1.29, 1.82) is 0 Å². The van der Waals surface area contributed by atoms with Crippen LogP contribution in [0.1, 0.15) is 67.7 Å². The molecule has 0 spiro atoms. The molecule has 1 saturated carbocycles. The van der Waals surface area contributed by atoms with Crippen LogP contribution in [-0.2, 0) is 12.0 Å². The predicted molar refractivity (Wildman–Crippen MR) is 85.0 cm³/mol. The Hall–Kier alpha value is -1.62. The summed E-state index contributed by atoms with van der Waals surface area (Å²) in [7, 11) is 0. The fraction of sp³-hybridized carbons (Fsp3) is 0.647. The summed E-state index contributed by atoms with van der Waals surface area (Å²) in [5, 5.41) is 3.60. The Morgan fingerprint density at radius 1 is 1.41 bits per heavy atom. The summed E-state index contributed by atoms with van der Waals surface area (Å²) in [6.07, 6.45) is 6.38. The van der Waals surface area contributed by atoms with Gasteiger partial charge in [-0.15, -0.1) is 0 Å². The number of primary amides is 1. The van der Waals surface area contributed by atoms with Crippen LogP contribution in [0.15, 0.2) is 6.07 Å². The zero-order chi connectivity index (χ0) is 15.7. The van der Waals surface area contributed by atoms with E-state index in [0.717, 1.165) is 17.0 Å². The van der Waals surface area contributed by atoms with Gasteiger partial charge in [-0.1, -0.05) is 33.1 Å². The number of rotatable bonds is 4. The van der Waals surface area contributed by atoms with Crippen LogP contribution in [-0.4, -0.2) is 23.5 Å². The Bertz CT molecular complexity index is 578. The van der Waals surface area contributed by atoms with Gasteiger partial charge in [0.25, 0.3) is 5.91 Å². The van der Waals surface area contributed by atoms with Gasteiger partial charge in [0.1, 0.15) is 11.4 Å². The van der Waals surface area contributed by atoms with Gasteiger partial charge < -0.3 is 15.8 Å². The average molecular weight is 303 g/mol. The molecule has 0 atom stereocenters. The maximum absolute atomic E-state index is 11.6. The van der Waals surface area contributed by atoms with E-state index in [4.69, 9.17) is 10.5 Å². The number of pyridine rings is 1. The third-order valence-corrected chi connectivity index (χ3v) is 4.71. The van der Waals surface area contributed by atoms with Crippen molar-refractivity contribution in [2.24, 2.45) is 5.73 Å². The molecule has 22 heavy (non-hydrogen) atoms. The maximum Gasteiger partial charge on any atom is 0.267 e. The van der Waals surface area contributed by atoms with Gasteiger partial charge >= 0.3 is 0 Å². The molecule has 5 heteroatoms. The fourth-order valence-electron chi connectivity index (χ4n) is 3.35. The van der Waals surface area contributed by atoms with Gasteiger partial charge in [0.15, 0.2) is 0 Å². The van der Waals surface area contributed by atoms with Crippen molar-refractivity contribution in [2.75, 3.05) is 6.61 Å². The Kier molecular flexibility index (Phi) is 4.08. The number of amides is 1. The average Bonchev–Trinajstić information content (AvgIpc) is 2.81. The quantitative estimate of drug-likeness (QED) is 0.894. The first-order valence-corrected chi connectivity index (χ1v) is 8.18. The summed E-state index contributed by atoms with van der Waals surface area (Å²) >= 11 is 0. The molecule has 1 amide bonds. The molecular formula is C17H25N3O2. The number of hydrogen-bond acceptors (Lipinski definition) is 4. The molecule has 1 aromatic heterocycles. The molecule has 0 radical (unpaired) electrons. The van der Waals surface area contributed by atoms with Gasteiger partial charge in [-0.25, -0.2) is 4.98 Å². The zero-order valence-corrected chi connectivity index (χ0v) is 13.4. The molecule has 3 rings (SSSR count). The molecule has 3 N–H and O–H groups in total. The number of nitrogens with one attached hydrogen (secondary N) is 1. The molecule has 0 unspecified atom stereocenters. The summed E-state index contributed by atoms with van der Waals surface area (Å²) in [4.78, 5) is 16.0. The Balaban J connectivity index is 1.85. The van der Waals surface area contributed by atoms with Crippen molar-refractivity contribution in [1.82, 2.24) is 10.3 Å². The van der Waals surface area contributed by atoms with Crippen molar-refractivity contribution in [3.63, 3.8) is 0 Å². The second-order valence-electron chi connectivity index (χ2n) is 7.10. The number of carbonyl (C=O) groups is 1. The molecule has 2 heterocycles. The summed E-state index contributed by atoms with van der Waals surface area (Å²) in [5.41, 5.74) is 7.44. The van der Waals surface area contributed by atoms with E-state index in [0.29, 0.717) is 24.9 Å². The minimum atomic E-state index is -0.482. The van der Waals surface area contributed by atoms with Crippen LogP contribution >= 0.6 is 0 Å². The van der Waals surface area contributed by atoms with Gasteiger partial charge in [-0.2, -0.15) is 0 Å². The summed E-state index contributed by atoms with van der Waals surface area (Å²) in [6, 6.07) is 2.34. The number of ether oxygens (including phenoxy) is 1. The maximum atomic E-state index is 11.6. The van der Waals surface area contributed by atoms with Crippen LogP contribution < -0.4 is 15.8 Å². The highest BCUT2D eigenvalue weighted by Crippen LogP contribution is 2.39. The number of nitrogens with two attached hydrogens (primary N) is 1. The molecule has 1 aromatic rings. The topological polar surface area (TPSA) is 77.2 Å². The molecule has 1 fully saturated rings. The predicted octanol–water partition coefficient (Wildman–Crippen LogP) is 2.27. The summed E-state index contributed by atoms with van der Waals surface area (Å²) in [5.74, 6) is 0.350. The molecule has 1 aliphatic carbocycles. The van der Waals surface area contributed by atoms with E-state index < -0.39 is 5.91 Å². The fourth-order valence-corrected chi connectivity index (χ4v) is 3.35. The molecule has 120 valence electrons. The van der Waals surface area contributed by atoms with Gasteiger partial charge in [0, 0.05) is 23.6 Å². The van der Waals surface area contributed by atoms with Crippen LogP contribution in [0, 0.1) is 0 Å². The smallest absolute Gasteiger partial charge is 0.267 e. The lowest BCUT2D eigenvalue weighted by molar-refractivity contribution is 0.0995. The zero-order valence-electron chi connectivity index (χ0n) is 13.4. The van der Waals surface area contributed by atoms with E-state index in [-0.39, 0.29) is 5.41 Å². The summed E-state index contributed by atoms with van der Waals surface area (Å²) in [6.45, 7) is 5.45. The van der Waals surface area contributed by atoms with Crippen molar-refractivity contribution in [3.05, 3.63) is 23.0 Å². The second-order valence-corrected chi connectivity index (χ2v) is 7.10. The van der Waals surface area contributed by atoms with Crippen molar-refractivity contribution in [2.45, 2.75) is 64.0 Å². The number of carbonyl (C=O) groups excluding carboxylic acids is 1. The van der Waals surface area contributed by atoms with E-state index in [1.54, 1.807) is 6.07 Å². The van der Waals surface area contributed by atoms with Crippen LogP contribution in [0.4, 0.5) is 0 Å². The highest BCUT2D eigenvalue weighted by Gasteiger charge is 2.36.